The number of fused-ring (bicyclic) bond motifs is 3. The molecular formula is C13H15FN2. The molecule has 1 aliphatic rings. The van der Waals surface area contributed by atoms with Crippen molar-refractivity contribution in [2.45, 2.75) is 26.4 Å². The molecule has 0 bridgehead atoms. The van der Waals surface area contributed by atoms with E-state index in [0.717, 1.165) is 24.0 Å². The van der Waals surface area contributed by atoms with Crippen LogP contribution in [0.3, 0.4) is 0 Å². The Hall–Kier alpha value is -1.35. The molecule has 2 aromatic rings. The van der Waals surface area contributed by atoms with Crippen molar-refractivity contribution in [3.05, 3.63) is 35.3 Å². The number of aryl methyl sites for hydroxylation is 1. The van der Waals surface area contributed by atoms with Gasteiger partial charge in [-0.3, -0.25) is 0 Å². The Kier molecular flexibility index (Phi) is 2.04. The summed E-state index contributed by atoms with van der Waals surface area (Å²) >= 11 is 0. The van der Waals surface area contributed by atoms with Crippen molar-refractivity contribution >= 4 is 10.9 Å². The molecule has 1 aromatic carbocycles. The van der Waals surface area contributed by atoms with E-state index in [-0.39, 0.29) is 5.82 Å². The van der Waals surface area contributed by atoms with Crippen LogP contribution in [0.25, 0.3) is 10.9 Å². The minimum atomic E-state index is -0.145. The number of halogens is 1. The SMILES string of the molecule is Cc1cc(F)cc2cc3n(c12)C(C)CNC3. The fourth-order valence-corrected chi connectivity index (χ4v) is 2.73. The van der Waals surface area contributed by atoms with Gasteiger partial charge in [0, 0.05) is 30.2 Å². The molecule has 84 valence electrons. The van der Waals surface area contributed by atoms with Crippen molar-refractivity contribution < 1.29 is 4.39 Å². The molecule has 16 heavy (non-hydrogen) atoms. The highest BCUT2D eigenvalue weighted by molar-refractivity contribution is 5.84. The predicted octanol–water partition coefficient (Wildman–Crippen LogP) is 2.75. The minimum Gasteiger partial charge on any atom is -0.339 e. The van der Waals surface area contributed by atoms with Gasteiger partial charge in [0.25, 0.3) is 0 Å². The molecule has 0 saturated heterocycles. The van der Waals surface area contributed by atoms with E-state index in [1.807, 2.05) is 6.92 Å². The third-order valence-corrected chi connectivity index (χ3v) is 3.35. The highest BCUT2D eigenvalue weighted by Gasteiger charge is 2.19. The molecule has 0 radical (unpaired) electrons. The second-order valence-corrected chi connectivity index (χ2v) is 4.65. The van der Waals surface area contributed by atoms with Crippen LogP contribution in [0.5, 0.6) is 0 Å². The first kappa shape index (κ1) is 9.85. The molecule has 1 N–H and O–H groups in total. The van der Waals surface area contributed by atoms with Crippen molar-refractivity contribution in [3.8, 4) is 0 Å². The van der Waals surface area contributed by atoms with Crippen LogP contribution < -0.4 is 5.32 Å². The van der Waals surface area contributed by atoms with E-state index >= 15 is 0 Å². The van der Waals surface area contributed by atoms with E-state index in [2.05, 4.69) is 22.9 Å². The molecular weight excluding hydrogens is 203 g/mol. The normalized spacial score (nSPS) is 20.1. The van der Waals surface area contributed by atoms with E-state index in [4.69, 9.17) is 0 Å². The van der Waals surface area contributed by atoms with Gasteiger partial charge in [0.1, 0.15) is 5.82 Å². The highest BCUT2D eigenvalue weighted by atomic mass is 19.1. The first-order valence-corrected chi connectivity index (χ1v) is 5.67. The van der Waals surface area contributed by atoms with E-state index in [1.54, 1.807) is 12.1 Å². The average Bonchev–Trinajstić information content (AvgIpc) is 2.56. The van der Waals surface area contributed by atoms with Gasteiger partial charge >= 0.3 is 0 Å². The monoisotopic (exact) mass is 218 g/mol. The quantitative estimate of drug-likeness (QED) is 0.719. The van der Waals surface area contributed by atoms with Crippen molar-refractivity contribution in [1.82, 2.24) is 9.88 Å². The van der Waals surface area contributed by atoms with Gasteiger partial charge in [0.05, 0.1) is 5.52 Å². The lowest BCUT2D eigenvalue weighted by atomic mass is 10.1. The molecule has 0 fully saturated rings. The molecule has 1 aliphatic heterocycles. The molecule has 0 amide bonds. The summed E-state index contributed by atoms with van der Waals surface area (Å²) in [5.74, 6) is -0.145. The molecule has 3 rings (SSSR count). The Balaban J connectivity index is 2.38. The Morgan fingerprint density at radius 1 is 1.38 bits per heavy atom. The number of hydrogen-bond donors (Lipinski definition) is 1. The number of aromatic nitrogens is 1. The van der Waals surface area contributed by atoms with Crippen LogP contribution in [0.15, 0.2) is 18.2 Å². The lowest BCUT2D eigenvalue weighted by Gasteiger charge is -2.25. The molecule has 3 heteroatoms. The van der Waals surface area contributed by atoms with Crippen LogP contribution >= 0.6 is 0 Å². The Labute approximate surface area is 94.1 Å². The van der Waals surface area contributed by atoms with Crippen molar-refractivity contribution in [2.75, 3.05) is 6.54 Å². The zero-order chi connectivity index (χ0) is 11.3. The molecule has 0 saturated carbocycles. The van der Waals surface area contributed by atoms with Gasteiger partial charge in [0.15, 0.2) is 0 Å². The Morgan fingerprint density at radius 2 is 2.19 bits per heavy atom. The van der Waals surface area contributed by atoms with Crippen LogP contribution in [0, 0.1) is 12.7 Å². The van der Waals surface area contributed by atoms with Gasteiger partial charge in [-0.2, -0.15) is 0 Å². The zero-order valence-electron chi connectivity index (χ0n) is 9.55. The zero-order valence-corrected chi connectivity index (χ0v) is 9.55. The van der Waals surface area contributed by atoms with E-state index in [0.29, 0.717) is 6.04 Å². The van der Waals surface area contributed by atoms with Gasteiger partial charge in [0.2, 0.25) is 0 Å². The summed E-state index contributed by atoms with van der Waals surface area (Å²) < 4.78 is 15.7. The number of rotatable bonds is 0. The van der Waals surface area contributed by atoms with Crippen molar-refractivity contribution in [2.24, 2.45) is 0 Å². The second-order valence-electron chi connectivity index (χ2n) is 4.65. The number of nitrogens with zero attached hydrogens (tertiary/aromatic N) is 1. The maximum absolute atomic E-state index is 13.3. The fourth-order valence-electron chi connectivity index (χ4n) is 2.73. The number of hydrogen-bond acceptors (Lipinski definition) is 1. The summed E-state index contributed by atoms with van der Waals surface area (Å²) in [4.78, 5) is 0. The fraction of sp³-hybridized carbons (Fsp3) is 0.385. The average molecular weight is 218 g/mol. The molecule has 1 aromatic heterocycles. The third-order valence-electron chi connectivity index (χ3n) is 3.35. The van der Waals surface area contributed by atoms with Crippen molar-refractivity contribution in [1.29, 1.82) is 0 Å². The maximum atomic E-state index is 13.3. The summed E-state index contributed by atoms with van der Waals surface area (Å²) in [5.41, 5.74) is 3.46. The van der Waals surface area contributed by atoms with Crippen LogP contribution in [0.2, 0.25) is 0 Å². The molecule has 0 spiro atoms. The number of nitrogens with one attached hydrogen (secondary N) is 1. The molecule has 2 nitrogen and oxygen atoms in total. The Bertz CT molecular complexity index is 557. The summed E-state index contributed by atoms with van der Waals surface area (Å²) in [5, 5.41) is 4.39. The minimum absolute atomic E-state index is 0.145. The van der Waals surface area contributed by atoms with Crippen LogP contribution in [-0.4, -0.2) is 11.1 Å². The summed E-state index contributed by atoms with van der Waals surface area (Å²) in [6.45, 7) is 6.03. The standard InChI is InChI=1S/C13H15FN2/c1-8-3-11(14)4-10-5-12-7-15-6-9(2)16(12)13(8)10/h3-5,9,15H,6-7H2,1-2H3. The van der Waals surface area contributed by atoms with E-state index < -0.39 is 0 Å². The topological polar surface area (TPSA) is 17.0 Å². The van der Waals surface area contributed by atoms with Gasteiger partial charge in [-0.1, -0.05) is 0 Å². The maximum Gasteiger partial charge on any atom is 0.124 e. The van der Waals surface area contributed by atoms with Crippen molar-refractivity contribution in [3.63, 3.8) is 0 Å². The van der Waals surface area contributed by atoms with E-state index in [1.165, 1.54) is 11.2 Å². The first-order valence-electron chi connectivity index (χ1n) is 5.67. The molecule has 1 unspecified atom stereocenters. The molecule has 1 atom stereocenters. The lowest BCUT2D eigenvalue weighted by molar-refractivity contribution is 0.439. The highest BCUT2D eigenvalue weighted by Crippen LogP contribution is 2.29. The summed E-state index contributed by atoms with van der Waals surface area (Å²) in [6, 6.07) is 5.77. The van der Waals surface area contributed by atoms with Crippen LogP contribution in [-0.2, 0) is 6.54 Å². The first-order chi connectivity index (χ1) is 7.66. The van der Waals surface area contributed by atoms with Crippen LogP contribution in [0.1, 0.15) is 24.2 Å². The van der Waals surface area contributed by atoms with Gasteiger partial charge in [-0.05, 0) is 37.6 Å². The summed E-state index contributed by atoms with van der Waals surface area (Å²) in [7, 11) is 0. The van der Waals surface area contributed by atoms with Crippen LogP contribution in [0.4, 0.5) is 4.39 Å². The van der Waals surface area contributed by atoms with Gasteiger partial charge in [-0.25, -0.2) is 4.39 Å². The van der Waals surface area contributed by atoms with E-state index in [9.17, 15) is 4.39 Å². The summed E-state index contributed by atoms with van der Waals surface area (Å²) in [6.07, 6.45) is 0. The van der Waals surface area contributed by atoms with Gasteiger partial charge < -0.3 is 9.88 Å². The molecule has 0 aliphatic carbocycles. The Morgan fingerprint density at radius 3 is 3.00 bits per heavy atom. The third kappa shape index (κ3) is 1.28. The lowest BCUT2D eigenvalue weighted by Crippen LogP contribution is -2.31. The largest absolute Gasteiger partial charge is 0.339 e. The molecule has 2 heterocycles. The second kappa shape index (κ2) is 3.32. The number of benzene rings is 1. The predicted molar refractivity (Wildman–Crippen MR) is 63.1 cm³/mol. The smallest absolute Gasteiger partial charge is 0.124 e. The van der Waals surface area contributed by atoms with Gasteiger partial charge in [-0.15, -0.1) is 0 Å².